The Morgan fingerprint density at radius 3 is 2.92 bits per heavy atom. The number of nitrogens with one attached hydrogen (secondary N) is 1. The molecule has 0 saturated carbocycles. The molecule has 36 heavy (non-hydrogen) atoms. The van der Waals surface area contributed by atoms with E-state index in [9.17, 15) is 19.1 Å². The van der Waals surface area contributed by atoms with Gasteiger partial charge in [0.05, 0.1) is 25.4 Å². The van der Waals surface area contributed by atoms with Gasteiger partial charge in [-0.05, 0) is 12.1 Å². The number of amidine groups is 1. The number of carboxylic acids is 1. The maximum atomic E-state index is 13.8. The minimum atomic E-state index is -1.04. The van der Waals surface area contributed by atoms with Crippen LogP contribution in [-0.4, -0.2) is 85.4 Å². The van der Waals surface area contributed by atoms with Gasteiger partial charge in [0.2, 0.25) is 0 Å². The summed E-state index contributed by atoms with van der Waals surface area (Å²) in [5, 5.41) is 15.3. The molecular formula is C23H24ClFN4O6S. The number of methoxy groups -OCH3 is 1. The van der Waals surface area contributed by atoms with E-state index in [4.69, 9.17) is 30.8 Å². The molecule has 0 aliphatic carbocycles. The predicted octanol–water partition coefficient (Wildman–Crippen LogP) is 2.26. The summed E-state index contributed by atoms with van der Waals surface area (Å²) in [5.74, 6) is -1.88. The van der Waals surface area contributed by atoms with Crippen molar-refractivity contribution in [3.05, 3.63) is 62.5 Å². The Labute approximate surface area is 215 Å². The van der Waals surface area contributed by atoms with Crippen molar-refractivity contribution in [3.8, 4) is 0 Å². The highest BCUT2D eigenvalue weighted by molar-refractivity contribution is 7.11. The summed E-state index contributed by atoms with van der Waals surface area (Å²) < 4.78 is 29.6. The number of hydrogen-bond acceptors (Lipinski definition) is 10. The minimum absolute atomic E-state index is 0.00561. The van der Waals surface area contributed by atoms with Crippen molar-refractivity contribution in [2.75, 3.05) is 46.6 Å². The Balaban J connectivity index is 1.81. The molecular weight excluding hydrogens is 515 g/mol. The number of ether oxygens (including phenoxy) is 3. The normalized spacial score (nSPS) is 20.6. The topological polar surface area (TPSA) is 123 Å². The fraction of sp³-hybridized carbons (Fsp3) is 0.391. The van der Waals surface area contributed by atoms with E-state index in [-0.39, 0.29) is 37.0 Å². The lowest BCUT2D eigenvalue weighted by Crippen LogP contribution is -2.52. The lowest BCUT2D eigenvalue weighted by Gasteiger charge is -2.35. The number of rotatable bonds is 9. The van der Waals surface area contributed by atoms with Crippen LogP contribution in [0.25, 0.3) is 0 Å². The Morgan fingerprint density at radius 2 is 2.22 bits per heavy atom. The maximum Gasteiger partial charge on any atom is 0.338 e. The summed E-state index contributed by atoms with van der Waals surface area (Å²) in [6.07, 6.45) is 1.62. The predicted molar refractivity (Wildman–Crippen MR) is 130 cm³/mol. The summed E-state index contributed by atoms with van der Waals surface area (Å²) >= 11 is 7.73. The fourth-order valence-electron chi connectivity index (χ4n) is 3.91. The Hall–Kier alpha value is -2.90. The molecule has 1 saturated heterocycles. The zero-order valence-electron chi connectivity index (χ0n) is 19.3. The molecule has 10 nitrogen and oxygen atoms in total. The van der Waals surface area contributed by atoms with Crippen molar-refractivity contribution in [2.45, 2.75) is 12.1 Å². The number of morpholine rings is 1. The molecule has 3 heterocycles. The van der Waals surface area contributed by atoms with Crippen LogP contribution in [0.5, 0.6) is 0 Å². The highest BCUT2D eigenvalue weighted by Crippen LogP contribution is 2.37. The molecule has 2 atom stereocenters. The molecule has 4 rings (SSSR count). The van der Waals surface area contributed by atoms with Crippen LogP contribution in [0.15, 0.2) is 46.0 Å². The van der Waals surface area contributed by atoms with Crippen molar-refractivity contribution < 1.29 is 33.3 Å². The average molecular weight is 539 g/mol. The summed E-state index contributed by atoms with van der Waals surface area (Å²) in [5.41, 5.74) is 0.910. The molecule has 1 aromatic heterocycles. The second-order valence-electron chi connectivity index (χ2n) is 7.93. The molecule has 2 N–H and O–H groups in total. The number of aliphatic carboxylic acids is 1. The van der Waals surface area contributed by atoms with Crippen LogP contribution in [0.3, 0.4) is 0 Å². The van der Waals surface area contributed by atoms with Crippen LogP contribution >= 0.6 is 22.9 Å². The highest BCUT2D eigenvalue weighted by Gasteiger charge is 2.37. The van der Waals surface area contributed by atoms with Crippen LogP contribution in [0, 0.1) is 5.82 Å². The van der Waals surface area contributed by atoms with Gasteiger partial charge in [0.25, 0.3) is 0 Å². The molecule has 192 valence electrons. The molecule has 0 spiro atoms. The third-order valence-corrected chi connectivity index (χ3v) is 6.75. The third-order valence-electron chi connectivity index (χ3n) is 5.64. The Kier molecular flexibility index (Phi) is 8.64. The van der Waals surface area contributed by atoms with Crippen molar-refractivity contribution in [1.29, 1.82) is 0 Å². The van der Waals surface area contributed by atoms with Crippen molar-refractivity contribution in [3.63, 3.8) is 0 Å². The van der Waals surface area contributed by atoms with Crippen LogP contribution in [0.4, 0.5) is 4.39 Å². The van der Waals surface area contributed by atoms with Gasteiger partial charge >= 0.3 is 11.9 Å². The number of carbonyl (C=O) groups is 2. The third kappa shape index (κ3) is 5.90. The van der Waals surface area contributed by atoms with Gasteiger partial charge in [0, 0.05) is 48.1 Å². The quantitative estimate of drug-likeness (QED) is 0.365. The van der Waals surface area contributed by atoms with E-state index in [0.717, 1.165) is 6.07 Å². The van der Waals surface area contributed by atoms with Gasteiger partial charge in [0.1, 0.15) is 24.5 Å². The second kappa shape index (κ2) is 11.9. The first-order chi connectivity index (χ1) is 17.4. The number of carboxylic acid groups (broad SMARTS) is 1. The second-order valence-corrected chi connectivity index (χ2v) is 9.23. The lowest BCUT2D eigenvalue weighted by molar-refractivity contribution is -0.149. The smallest absolute Gasteiger partial charge is 0.338 e. The van der Waals surface area contributed by atoms with Crippen molar-refractivity contribution >= 4 is 40.7 Å². The summed E-state index contributed by atoms with van der Waals surface area (Å²) in [4.78, 5) is 35.9. The monoisotopic (exact) mass is 538 g/mol. The number of esters is 1. The molecule has 2 aliphatic rings. The first-order valence-electron chi connectivity index (χ1n) is 11.0. The largest absolute Gasteiger partial charge is 0.480 e. The van der Waals surface area contributed by atoms with Crippen molar-refractivity contribution in [2.24, 2.45) is 4.99 Å². The number of nitrogens with zero attached hydrogens (tertiary/aromatic N) is 3. The highest BCUT2D eigenvalue weighted by atomic mass is 35.5. The number of carbonyl (C=O) groups excluding carboxylic acids is 1. The van der Waals surface area contributed by atoms with Gasteiger partial charge < -0.3 is 24.6 Å². The average Bonchev–Trinajstić information content (AvgIpc) is 3.39. The lowest BCUT2D eigenvalue weighted by atomic mass is 9.95. The maximum absolute atomic E-state index is 13.8. The number of hydrogen-bond donors (Lipinski definition) is 2. The van der Waals surface area contributed by atoms with Crippen LogP contribution in [0.2, 0.25) is 5.02 Å². The summed E-state index contributed by atoms with van der Waals surface area (Å²) in [7, 11) is 1.48. The van der Waals surface area contributed by atoms with E-state index >= 15 is 0 Å². The van der Waals surface area contributed by atoms with Gasteiger partial charge in [-0.15, -0.1) is 11.3 Å². The number of halogens is 2. The van der Waals surface area contributed by atoms with E-state index < -0.39 is 29.8 Å². The number of benzene rings is 1. The standard InChI is InChI=1S/C23H24ClFN4O6S/c1-33-7-8-35-23(32)18-16(11-29-5-6-34-12-17(29)22(30)31)27-20(21-26-4-9-36-21)28-19(18)14-3-2-13(25)10-15(14)24/h2-4,9-10,17,19H,5-8,11-12H2,1H3,(H,27,28)(H,30,31)/t17-,19-/m0/s1. The molecule has 0 amide bonds. The first-order valence-corrected chi connectivity index (χ1v) is 12.3. The van der Waals surface area contributed by atoms with Crippen LogP contribution in [0.1, 0.15) is 16.6 Å². The molecule has 0 unspecified atom stereocenters. The zero-order valence-corrected chi connectivity index (χ0v) is 20.9. The molecule has 2 aliphatic heterocycles. The minimum Gasteiger partial charge on any atom is -0.480 e. The molecule has 2 aromatic rings. The van der Waals surface area contributed by atoms with E-state index in [1.54, 1.807) is 16.5 Å². The molecule has 1 aromatic carbocycles. The zero-order chi connectivity index (χ0) is 25.7. The summed E-state index contributed by atoms with van der Waals surface area (Å²) in [6, 6.07) is 1.98. The summed E-state index contributed by atoms with van der Waals surface area (Å²) in [6.45, 7) is 0.924. The van der Waals surface area contributed by atoms with Gasteiger partial charge in [-0.2, -0.15) is 0 Å². The SMILES string of the molecule is COCCOC(=O)C1=C(CN2CCOC[C@H]2C(=O)O)NC(c2nccs2)=N[C@H]1c1ccc(F)cc1Cl. The Bertz CT molecular complexity index is 1180. The van der Waals surface area contributed by atoms with E-state index in [2.05, 4.69) is 10.3 Å². The van der Waals surface area contributed by atoms with Crippen LogP contribution < -0.4 is 5.32 Å². The number of aliphatic imine (C=N–C) groups is 1. The van der Waals surface area contributed by atoms with Gasteiger partial charge in [-0.3, -0.25) is 14.7 Å². The van der Waals surface area contributed by atoms with E-state index in [0.29, 0.717) is 35.3 Å². The number of aromatic nitrogens is 1. The van der Waals surface area contributed by atoms with E-state index in [1.807, 2.05) is 0 Å². The van der Waals surface area contributed by atoms with Crippen LogP contribution in [-0.2, 0) is 23.8 Å². The van der Waals surface area contributed by atoms with Gasteiger partial charge in [0.15, 0.2) is 10.8 Å². The van der Waals surface area contributed by atoms with Gasteiger partial charge in [-0.25, -0.2) is 14.2 Å². The molecule has 0 bridgehead atoms. The molecule has 13 heteroatoms. The number of thiazole rings is 1. The molecule has 0 radical (unpaired) electrons. The van der Waals surface area contributed by atoms with E-state index in [1.165, 1.54) is 30.6 Å². The Morgan fingerprint density at radius 1 is 1.39 bits per heavy atom. The first kappa shape index (κ1) is 26.2. The fourth-order valence-corrected chi connectivity index (χ4v) is 4.77. The molecule has 1 fully saturated rings. The van der Waals surface area contributed by atoms with Gasteiger partial charge in [-0.1, -0.05) is 17.7 Å². The van der Waals surface area contributed by atoms with Crippen molar-refractivity contribution in [1.82, 2.24) is 15.2 Å².